The van der Waals surface area contributed by atoms with Crippen molar-refractivity contribution in [3.8, 4) is 0 Å². The van der Waals surface area contributed by atoms with Crippen molar-refractivity contribution in [3.63, 3.8) is 0 Å². The molecule has 11 nitrogen and oxygen atoms in total. The van der Waals surface area contributed by atoms with Crippen molar-refractivity contribution in [2.45, 2.75) is 36.8 Å². The number of carboxylic acids is 1. The van der Waals surface area contributed by atoms with E-state index in [1.807, 2.05) is 60.7 Å². The molecule has 44 heavy (non-hydrogen) atoms. The summed E-state index contributed by atoms with van der Waals surface area (Å²) in [5.74, 6) is -0.803. The summed E-state index contributed by atoms with van der Waals surface area (Å²) in [6.45, 7) is 0. The first kappa shape index (κ1) is 31.2. The molecule has 0 radical (unpaired) electrons. The Morgan fingerprint density at radius 1 is 1.14 bits per heavy atom. The molecule has 1 saturated heterocycles. The number of hydrogen-bond donors (Lipinski definition) is 3. The van der Waals surface area contributed by atoms with Gasteiger partial charge in [0, 0.05) is 17.0 Å². The first-order valence-electron chi connectivity index (χ1n) is 13.6. The lowest BCUT2D eigenvalue weighted by Crippen LogP contribution is -2.54. The summed E-state index contributed by atoms with van der Waals surface area (Å²) >= 11 is 8.41. The number of carbonyl (C=O) groups excluding carboxylic acids is 3. The fourth-order valence-corrected chi connectivity index (χ4v) is 6.69. The minimum Gasteiger partial charge on any atom is -0.477 e. The maximum Gasteiger partial charge on any atom is 0.352 e. The van der Waals surface area contributed by atoms with E-state index in [4.69, 9.17) is 21.5 Å². The molecule has 3 amide bonds. The molecule has 3 aliphatic rings. The van der Waals surface area contributed by atoms with Crippen LogP contribution in [0, 0.1) is 0 Å². The van der Waals surface area contributed by atoms with Gasteiger partial charge in [-0.3, -0.25) is 19.3 Å². The number of alkyl halides is 1. The predicted octanol–water partition coefficient (Wildman–Crippen LogP) is 4.37. The van der Waals surface area contributed by atoms with Crippen LogP contribution < -0.4 is 10.6 Å². The van der Waals surface area contributed by atoms with E-state index in [2.05, 4.69) is 20.8 Å². The van der Waals surface area contributed by atoms with Gasteiger partial charge >= 0.3 is 5.97 Å². The van der Waals surface area contributed by atoms with E-state index in [0.717, 1.165) is 24.0 Å². The Balaban J connectivity index is 0.000000229. The number of carboxylic acid groups (broad SMARTS) is 1. The van der Waals surface area contributed by atoms with Gasteiger partial charge in [0.05, 0.1) is 17.8 Å². The van der Waals surface area contributed by atoms with Crippen LogP contribution in [0.2, 0.25) is 0 Å². The normalized spacial score (nSPS) is 17.6. The molecule has 228 valence electrons. The van der Waals surface area contributed by atoms with Gasteiger partial charge in [-0.25, -0.2) is 9.78 Å². The highest BCUT2D eigenvalue weighted by molar-refractivity contribution is 8.00. The average molecular weight is 654 g/mol. The number of fused-ring (bicyclic) bond motifs is 1. The van der Waals surface area contributed by atoms with Crippen LogP contribution in [0.5, 0.6) is 0 Å². The molecule has 1 aromatic heterocycles. The number of thiazole rings is 1. The van der Waals surface area contributed by atoms with E-state index in [9.17, 15) is 19.2 Å². The molecule has 1 atom stereocenters. The highest BCUT2D eigenvalue weighted by atomic mass is 35.5. The third-order valence-electron chi connectivity index (χ3n) is 6.80. The molecule has 14 heteroatoms. The third-order valence-corrected chi connectivity index (χ3v) is 9.17. The second-order valence-electron chi connectivity index (χ2n) is 9.90. The van der Waals surface area contributed by atoms with Gasteiger partial charge in [0.1, 0.15) is 17.5 Å². The summed E-state index contributed by atoms with van der Waals surface area (Å²) in [5, 5.41) is 20.7. The highest BCUT2D eigenvalue weighted by Crippen LogP contribution is 2.40. The van der Waals surface area contributed by atoms with E-state index in [1.165, 1.54) is 16.2 Å². The lowest BCUT2D eigenvalue weighted by atomic mass is 9.98. The SMILES string of the molecule is O=C(O)C1=C(CCl)CS[C@H]2CC(=O)N12.O=CNc1nc(C(=NOC2CC2)C(=O)NC(c2ccccc2)c2ccccc2)cs1. The van der Waals surface area contributed by atoms with Crippen LogP contribution in [0.3, 0.4) is 0 Å². The zero-order valence-electron chi connectivity index (χ0n) is 23.2. The van der Waals surface area contributed by atoms with Crippen molar-refractivity contribution >= 4 is 69.7 Å². The van der Waals surface area contributed by atoms with Gasteiger partial charge in [0.25, 0.3) is 5.91 Å². The van der Waals surface area contributed by atoms with Crippen LogP contribution in [0.15, 0.2) is 82.5 Å². The molecule has 3 N–H and O–H groups in total. The molecule has 2 aliphatic heterocycles. The average Bonchev–Trinajstić information content (AvgIpc) is 3.76. The molecule has 6 rings (SSSR count). The molecule has 0 unspecified atom stereocenters. The number of benzene rings is 2. The fraction of sp³-hybridized carbons (Fsp3) is 0.267. The van der Waals surface area contributed by atoms with E-state index < -0.39 is 11.9 Å². The first-order chi connectivity index (χ1) is 21.4. The summed E-state index contributed by atoms with van der Waals surface area (Å²) in [7, 11) is 0. The molecule has 3 heterocycles. The zero-order valence-corrected chi connectivity index (χ0v) is 25.6. The van der Waals surface area contributed by atoms with Crippen molar-refractivity contribution in [1.29, 1.82) is 0 Å². The zero-order chi connectivity index (χ0) is 31.1. The number of oxime groups is 1. The Morgan fingerprint density at radius 3 is 2.34 bits per heavy atom. The quantitative estimate of drug-likeness (QED) is 0.0908. The van der Waals surface area contributed by atoms with Gasteiger partial charge in [0.15, 0.2) is 10.8 Å². The van der Waals surface area contributed by atoms with Gasteiger partial charge in [-0.1, -0.05) is 65.8 Å². The Hall–Kier alpha value is -4.20. The van der Waals surface area contributed by atoms with Crippen LogP contribution in [-0.2, 0) is 24.0 Å². The molecule has 0 spiro atoms. The molecule has 1 saturated carbocycles. The number of hydrogen-bond acceptors (Lipinski definition) is 9. The lowest BCUT2D eigenvalue weighted by Gasteiger charge is -2.43. The third kappa shape index (κ3) is 7.47. The Kier molecular flexibility index (Phi) is 10.3. The van der Waals surface area contributed by atoms with Gasteiger partial charge in [0.2, 0.25) is 12.3 Å². The number of amides is 3. The molecule has 1 aliphatic carbocycles. The number of carbonyl (C=O) groups is 4. The van der Waals surface area contributed by atoms with Crippen molar-refractivity contribution in [2.75, 3.05) is 16.9 Å². The van der Waals surface area contributed by atoms with Crippen LogP contribution in [0.1, 0.15) is 42.1 Å². The topological polar surface area (TPSA) is 150 Å². The Bertz CT molecular complexity index is 1540. The minimum atomic E-state index is -1.06. The number of halogens is 1. The van der Waals surface area contributed by atoms with Gasteiger partial charge < -0.3 is 20.6 Å². The van der Waals surface area contributed by atoms with Crippen LogP contribution in [-0.4, -0.2) is 68.0 Å². The second kappa shape index (κ2) is 14.5. The van der Waals surface area contributed by atoms with Gasteiger partial charge in [-0.15, -0.1) is 34.7 Å². The summed E-state index contributed by atoms with van der Waals surface area (Å²) in [4.78, 5) is 57.2. The van der Waals surface area contributed by atoms with Crippen LogP contribution >= 0.6 is 34.7 Å². The van der Waals surface area contributed by atoms with Crippen molar-refractivity contribution < 1.29 is 29.1 Å². The van der Waals surface area contributed by atoms with Crippen molar-refractivity contribution in [3.05, 3.63) is 94.1 Å². The predicted molar refractivity (Wildman–Crippen MR) is 168 cm³/mol. The molecular weight excluding hydrogens is 626 g/mol. The van der Waals surface area contributed by atoms with Crippen molar-refractivity contribution in [2.24, 2.45) is 5.16 Å². The second-order valence-corrected chi connectivity index (χ2v) is 12.2. The van der Waals surface area contributed by atoms with E-state index in [-0.39, 0.29) is 40.7 Å². The van der Waals surface area contributed by atoms with Gasteiger partial charge in [-0.2, -0.15) is 0 Å². The van der Waals surface area contributed by atoms with E-state index in [1.54, 1.807) is 17.1 Å². The fourth-order valence-electron chi connectivity index (χ4n) is 4.43. The standard InChI is InChI=1S/C22H20N4O3S.C8H8ClNO3S/c27-14-23-22-24-18(13-30-22)20(26-29-17-11-12-17)21(28)25-19(15-7-3-1-4-8-15)16-9-5-2-6-10-16;9-2-4-3-14-6-1-5(11)10(6)7(4)8(12)13/h1-10,13-14,17,19H,11-12H2,(H,25,28)(H,23,24,27);6H,1-3H2,(H,12,13)/t;6-/m.0/s1. The Labute approximate surface area is 266 Å². The minimum absolute atomic E-state index is 0.0144. The number of aliphatic carboxylic acids is 1. The van der Waals surface area contributed by atoms with Crippen LogP contribution in [0.25, 0.3) is 0 Å². The number of β-lactam (4-membered cyclic amide) rings is 1. The number of thioether (sulfide) groups is 1. The molecule has 3 aromatic rings. The smallest absolute Gasteiger partial charge is 0.352 e. The van der Waals surface area contributed by atoms with Crippen LogP contribution in [0.4, 0.5) is 5.13 Å². The molecular formula is C30H28ClN5O6S2. The number of aromatic nitrogens is 1. The monoisotopic (exact) mass is 653 g/mol. The summed E-state index contributed by atoms with van der Waals surface area (Å²) in [6.07, 6.45) is 2.87. The number of nitrogens with one attached hydrogen (secondary N) is 2. The highest BCUT2D eigenvalue weighted by Gasteiger charge is 2.45. The maximum atomic E-state index is 13.3. The summed E-state index contributed by atoms with van der Waals surface area (Å²) in [5.41, 5.74) is 3.05. The Morgan fingerprint density at radius 2 is 1.80 bits per heavy atom. The largest absolute Gasteiger partial charge is 0.477 e. The summed E-state index contributed by atoms with van der Waals surface area (Å²) in [6, 6.07) is 19.1. The maximum absolute atomic E-state index is 13.3. The molecule has 0 bridgehead atoms. The van der Waals surface area contributed by atoms with Gasteiger partial charge in [-0.05, 0) is 29.5 Å². The number of nitrogens with zero attached hydrogens (tertiary/aromatic N) is 3. The summed E-state index contributed by atoms with van der Waals surface area (Å²) < 4.78 is 0. The first-order valence-corrected chi connectivity index (χ1v) is 16.1. The number of rotatable bonds is 11. The molecule has 2 aromatic carbocycles. The molecule has 2 fully saturated rings. The van der Waals surface area contributed by atoms with E-state index in [0.29, 0.717) is 35.0 Å². The lowest BCUT2D eigenvalue weighted by molar-refractivity contribution is -0.146. The van der Waals surface area contributed by atoms with E-state index >= 15 is 0 Å². The van der Waals surface area contributed by atoms with Crippen molar-refractivity contribution in [1.82, 2.24) is 15.2 Å². The number of anilines is 1.